The van der Waals surface area contributed by atoms with Gasteiger partial charge >= 0.3 is 7.12 Å². The van der Waals surface area contributed by atoms with Gasteiger partial charge in [0.15, 0.2) is 0 Å². The molecule has 0 amide bonds. The first-order chi connectivity index (χ1) is 8.80. The minimum atomic E-state index is -0.323. The van der Waals surface area contributed by atoms with Crippen LogP contribution in [0.5, 0.6) is 0 Å². The molecule has 0 radical (unpaired) electrons. The zero-order valence-corrected chi connectivity index (χ0v) is 12.1. The Labute approximate surface area is 113 Å². The smallest absolute Gasteiger partial charge is 0.399 e. The summed E-state index contributed by atoms with van der Waals surface area (Å²) in [6, 6.07) is 4.16. The van der Waals surface area contributed by atoms with Crippen molar-refractivity contribution in [3.8, 4) is 0 Å². The molecule has 2 aromatic rings. The molecular weight excluding hydrogens is 239 g/mol. The summed E-state index contributed by atoms with van der Waals surface area (Å²) in [5.74, 6) is 0. The summed E-state index contributed by atoms with van der Waals surface area (Å²) >= 11 is 0. The van der Waals surface area contributed by atoms with E-state index in [4.69, 9.17) is 9.31 Å². The third-order valence-electron chi connectivity index (χ3n) is 4.31. The third kappa shape index (κ3) is 1.88. The maximum absolute atomic E-state index is 6.07. The van der Waals surface area contributed by atoms with Gasteiger partial charge in [0.05, 0.1) is 22.9 Å². The van der Waals surface area contributed by atoms with Gasteiger partial charge in [0.25, 0.3) is 0 Å². The Morgan fingerprint density at radius 3 is 2.37 bits per heavy atom. The molecule has 1 aromatic carbocycles. The van der Waals surface area contributed by atoms with E-state index in [2.05, 4.69) is 56.9 Å². The number of aromatic amines is 1. The van der Waals surface area contributed by atoms with Crippen LogP contribution in [0.1, 0.15) is 33.3 Å². The molecule has 1 aliphatic heterocycles. The molecule has 5 heteroatoms. The van der Waals surface area contributed by atoms with Crippen LogP contribution in [0.4, 0.5) is 0 Å². The highest BCUT2D eigenvalue weighted by atomic mass is 16.7. The van der Waals surface area contributed by atoms with Gasteiger partial charge in [-0.1, -0.05) is 6.07 Å². The lowest BCUT2D eigenvalue weighted by Crippen LogP contribution is -2.41. The van der Waals surface area contributed by atoms with E-state index in [1.807, 2.05) is 6.20 Å². The maximum atomic E-state index is 6.07. The molecule has 1 aromatic heterocycles. The van der Waals surface area contributed by atoms with Crippen LogP contribution in [-0.2, 0) is 9.31 Å². The van der Waals surface area contributed by atoms with Crippen molar-refractivity contribution in [1.82, 2.24) is 10.2 Å². The molecule has 1 N–H and O–H groups in total. The van der Waals surface area contributed by atoms with Crippen molar-refractivity contribution in [3.63, 3.8) is 0 Å². The number of nitrogens with zero attached hydrogens (tertiary/aromatic N) is 1. The van der Waals surface area contributed by atoms with E-state index in [9.17, 15) is 0 Å². The second-order valence-electron chi connectivity index (χ2n) is 6.26. The quantitative estimate of drug-likeness (QED) is 0.797. The lowest BCUT2D eigenvalue weighted by Gasteiger charge is -2.32. The highest BCUT2D eigenvalue weighted by molar-refractivity contribution is 6.62. The van der Waals surface area contributed by atoms with E-state index in [1.54, 1.807) is 0 Å². The molecule has 100 valence electrons. The minimum absolute atomic E-state index is 0.311. The molecule has 0 bridgehead atoms. The normalized spacial score (nSPS) is 21.2. The monoisotopic (exact) mass is 258 g/mol. The number of hydrogen-bond acceptors (Lipinski definition) is 3. The van der Waals surface area contributed by atoms with Gasteiger partial charge < -0.3 is 9.31 Å². The van der Waals surface area contributed by atoms with E-state index < -0.39 is 0 Å². The molecule has 0 unspecified atom stereocenters. The van der Waals surface area contributed by atoms with E-state index in [1.165, 1.54) is 5.56 Å². The van der Waals surface area contributed by atoms with Crippen molar-refractivity contribution in [1.29, 1.82) is 0 Å². The molecule has 2 heterocycles. The van der Waals surface area contributed by atoms with Crippen LogP contribution in [0.15, 0.2) is 18.3 Å². The Kier molecular flexibility index (Phi) is 2.56. The standard InChI is InChI=1S/C14H19BN2O2/c1-9-6-10(7-12-11(9)8-16-17-12)15-18-13(2,3)14(4,5)19-15/h6-8H,1-5H3,(H,16,17). The van der Waals surface area contributed by atoms with Gasteiger partial charge in [-0.25, -0.2) is 0 Å². The van der Waals surface area contributed by atoms with Gasteiger partial charge in [0.1, 0.15) is 0 Å². The van der Waals surface area contributed by atoms with Crippen molar-refractivity contribution in [2.45, 2.75) is 45.8 Å². The van der Waals surface area contributed by atoms with Crippen LogP contribution < -0.4 is 5.46 Å². The predicted molar refractivity (Wildman–Crippen MR) is 76.5 cm³/mol. The van der Waals surface area contributed by atoms with Gasteiger partial charge in [-0.3, -0.25) is 5.10 Å². The average Bonchev–Trinajstić information content (AvgIpc) is 2.82. The summed E-state index contributed by atoms with van der Waals surface area (Å²) in [7, 11) is -0.323. The van der Waals surface area contributed by atoms with Crippen molar-refractivity contribution in [2.24, 2.45) is 0 Å². The molecule has 0 saturated carbocycles. The number of nitrogens with one attached hydrogen (secondary N) is 1. The first kappa shape index (κ1) is 12.7. The highest BCUT2D eigenvalue weighted by Crippen LogP contribution is 2.36. The second-order valence-corrected chi connectivity index (χ2v) is 6.26. The molecule has 1 saturated heterocycles. The number of fused-ring (bicyclic) bond motifs is 1. The van der Waals surface area contributed by atoms with Crippen molar-refractivity contribution in [3.05, 3.63) is 23.9 Å². The Balaban J connectivity index is 2.02. The SMILES string of the molecule is Cc1cc(B2OC(C)(C)C(C)(C)O2)cc2[nH]ncc12. The minimum Gasteiger partial charge on any atom is -0.399 e. The number of aryl methyl sites for hydroxylation is 1. The molecule has 0 aliphatic carbocycles. The zero-order valence-electron chi connectivity index (χ0n) is 12.1. The van der Waals surface area contributed by atoms with E-state index >= 15 is 0 Å². The number of aromatic nitrogens is 2. The van der Waals surface area contributed by atoms with Gasteiger partial charge in [0.2, 0.25) is 0 Å². The van der Waals surface area contributed by atoms with E-state index in [-0.39, 0.29) is 18.3 Å². The molecule has 19 heavy (non-hydrogen) atoms. The lowest BCUT2D eigenvalue weighted by atomic mass is 9.78. The molecule has 4 nitrogen and oxygen atoms in total. The molecular formula is C14H19BN2O2. The largest absolute Gasteiger partial charge is 0.494 e. The summed E-state index contributed by atoms with van der Waals surface area (Å²) in [5.41, 5.74) is 2.61. The van der Waals surface area contributed by atoms with Crippen LogP contribution in [0.25, 0.3) is 10.9 Å². The van der Waals surface area contributed by atoms with Crippen LogP contribution in [0.2, 0.25) is 0 Å². The number of benzene rings is 1. The summed E-state index contributed by atoms with van der Waals surface area (Å²) < 4.78 is 12.1. The molecule has 1 fully saturated rings. The van der Waals surface area contributed by atoms with Crippen LogP contribution >= 0.6 is 0 Å². The Morgan fingerprint density at radius 2 is 1.74 bits per heavy atom. The predicted octanol–water partition coefficient (Wildman–Crippen LogP) is 2.17. The molecule has 3 rings (SSSR count). The Morgan fingerprint density at radius 1 is 1.11 bits per heavy atom. The van der Waals surface area contributed by atoms with Crippen molar-refractivity contribution in [2.75, 3.05) is 0 Å². The van der Waals surface area contributed by atoms with Gasteiger partial charge in [-0.15, -0.1) is 0 Å². The van der Waals surface area contributed by atoms with E-state index in [0.29, 0.717) is 0 Å². The maximum Gasteiger partial charge on any atom is 0.494 e. The second kappa shape index (κ2) is 3.84. The van der Waals surface area contributed by atoms with E-state index in [0.717, 1.165) is 16.4 Å². The zero-order chi connectivity index (χ0) is 13.8. The number of rotatable bonds is 1. The van der Waals surface area contributed by atoms with Crippen LogP contribution in [0.3, 0.4) is 0 Å². The summed E-state index contributed by atoms with van der Waals surface area (Å²) in [5, 5.41) is 8.22. The summed E-state index contributed by atoms with van der Waals surface area (Å²) in [6.45, 7) is 10.3. The summed E-state index contributed by atoms with van der Waals surface area (Å²) in [6.07, 6.45) is 1.85. The Bertz CT molecular complexity index is 617. The highest BCUT2D eigenvalue weighted by Gasteiger charge is 2.51. The summed E-state index contributed by atoms with van der Waals surface area (Å²) in [4.78, 5) is 0. The fourth-order valence-corrected chi connectivity index (χ4v) is 2.37. The van der Waals surface area contributed by atoms with Crippen LogP contribution in [0, 0.1) is 6.92 Å². The molecule has 0 atom stereocenters. The number of H-pyrrole nitrogens is 1. The van der Waals surface area contributed by atoms with Crippen molar-refractivity contribution >= 4 is 23.5 Å². The fraction of sp³-hybridized carbons (Fsp3) is 0.500. The number of hydrogen-bond donors (Lipinski definition) is 1. The van der Waals surface area contributed by atoms with Gasteiger partial charge in [-0.2, -0.15) is 5.10 Å². The van der Waals surface area contributed by atoms with Crippen molar-refractivity contribution < 1.29 is 9.31 Å². The lowest BCUT2D eigenvalue weighted by molar-refractivity contribution is 0.00578. The van der Waals surface area contributed by atoms with Crippen LogP contribution in [-0.4, -0.2) is 28.5 Å². The average molecular weight is 258 g/mol. The van der Waals surface area contributed by atoms with Gasteiger partial charge in [0, 0.05) is 5.39 Å². The Hall–Kier alpha value is -1.33. The first-order valence-electron chi connectivity index (χ1n) is 6.59. The third-order valence-corrected chi connectivity index (χ3v) is 4.31. The first-order valence-corrected chi connectivity index (χ1v) is 6.59. The molecule has 1 aliphatic rings. The molecule has 0 spiro atoms. The van der Waals surface area contributed by atoms with Gasteiger partial charge in [-0.05, 0) is 51.7 Å². The fourth-order valence-electron chi connectivity index (χ4n) is 2.37. The topological polar surface area (TPSA) is 47.1 Å².